The van der Waals surface area contributed by atoms with Crippen LogP contribution in [0.5, 0.6) is 5.75 Å². The van der Waals surface area contributed by atoms with Crippen molar-refractivity contribution in [3.8, 4) is 5.75 Å². The normalized spacial score (nSPS) is 18.3. The second-order valence-electron chi connectivity index (χ2n) is 6.10. The molecule has 1 fully saturated rings. The first kappa shape index (κ1) is 20.6. The predicted octanol–water partition coefficient (Wildman–Crippen LogP) is 4.21. The molecule has 0 bridgehead atoms. The van der Waals surface area contributed by atoms with Gasteiger partial charge >= 0.3 is 0 Å². The number of amides is 1. The van der Waals surface area contributed by atoms with Crippen molar-refractivity contribution < 1.29 is 17.9 Å². The number of sulfonamides is 1. The minimum atomic E-state index is -3.59. The standard InChI is InChI=1S/C17H18BrClN2O4S2/c1-25-14-5-4-12(9-13(14)19)20-17(22)11-3-2-8-21(10-11)27(23,24)16-7-6-15(18)26-16/h4-7,9,11H,2-3,8,10H2,1H3,(H,20,22)/t11-/m1/s1. The molecule has 2 aromatic rings. The molecule has 0 saturated carbocycles. The molecule has 0 radical (unpaired) electrons. The largest absolute Gasteiger partial charge is 0.495 e. The first-order valence-corrected chi connectivity index (χ1v) is 11.6. The Kier molecular flexibility index (Phi) is 6.47. The molecule has 1 amide bonds. The van der Waals surface area contributed by atoms with Gasteiger partial charge < -0.3 is 10.1 Å². The van der Waals surface area contributed by atoms with Crippen molar-refractivity contribution in [3.63, 3.8) is 0 Å². The van der Waals surface area contributed by atoms with Crippen molar-refractivity contribution in [3.05, 3.63) is 39.1 Å². The summed E-state index contributed by atoms with van der Waals surface area (Å²) < 4.78 is 33.1. The molecule has 146 valence electrons. The van der Waals surface area contributed by atoms with Crippen LogP contribution in [0.25, 0.3) is 0 Å². The molecule has 2 heterocycles. The lowest BCUT2D eigenvalue weighted by molar-refractivity contribution is -0.120. The average molecular weight is 494 g/mol. The average Bonchev–Trinajstić information content (AvgIpc) is 3.09. The van der Waals surface area contributed by atoms with Gasteiger partial charge in [0.25, 0.3) is 10.0 Å². The molecule has 1 aromatic carbocycles. The van der Waals surface area contributed by atoms with Gasteiger partial charge in [-0.25, -0.2) is 8.42 Å². The highest BCUT2D eigenvalue weighted by Gasteiger charge is 2.34. The summed E-state index contributed by atoms with van der Waals surface area (Å²) in [6.07, 6.45) is 1.27. The Morgan fingerprint density at radius 1 is 1.37 bits per heavy atom. The lowest BCUT2D eigenvalue weighted by Crippen LogP contribution is -2.43. The van der Waals surface area contributed by atoms with Gasteiger partial charge in [0.1, 0.15) is 9.96 Å². The van der Waals surface area contributed by atoms with Crippen molar-refractivity contribution in [2.75, 3.05) is 25.5 Å². The van der Waals surface area contributed by atoms with Gasteiger partial charge in [0.15, 0.2) is 0 Å². The quantitative estimate of drug-likeness (QED) is 0.677. The van der Waals surface area contributed by atoms with Crippen molar-refractivity contribution in [1.29, 1.82) is 0 Å². The van der Waals surface area contributed by atoms with E-state index in [-0.39, 0.29) is 16.7 Å². The molecular weight excluding hydrogens is 476 g/mol. The zero-order valence-electron chi connectivity index (χ0n) is 14.4. The van der Waals surface area contributed by atoms with Gasteiger partial charge in [0.05, 0.1) is 21.8 Å². The molecule has 0 spiro atoms. The van der Waals surface area contributed by atoms with Crippen LogP contribution in [0.15, 0.2) is 38.3 Å². The summed E-state index contributed by atoms with van der Waals surface area (Å²) in [5.41, 5.74) is 0.549. The van der Waals surface area contributed by atoms with Crippen LogP contribution in [0, 0.1) is 5.92 Å². The third kappa shape index (κ3) is 4.65. The summed E-state index contributed by atoms with van der Waals surface area (Å²) >= 11 is 10.5. The highest BCUT2D eigenvalue weighted by atomic mass is 79.9. The van der Waals surface area contributed by atoms with Crippen molar-refractivity contribution in [2.24, 2.45) is 5.92 Å². The number of hydrogen-bond acceptors (Lipinski definition) is 5. The zero-order valence-corrected chi connectivity index (χ0v) is 18.4. The Hall–Kier alpha value is -1.13. The smallest absolute Gasteiger partial charge is 0.252 e. The van der Waals surface area contributed by atoms with Crippen LogP contribution in [0.2, 0.25) is 5.02 Å². The molecule has 1 aliphatic rings. The van der Waals surface area contributed by atoms with Crippen LogP contribution >= 0.6 is 38.9 Å². The van der Waals surface area contributed by atoms with Gasteiger partial charge in [-0.2, -0.15) is 4.31 Å². The number of nitrogens with zero attached hydrogens (tertiary/aromatic N) is 1. The maximum absolute atomic E-state index is 12.8. The van der Waals surface area contributed by atoms with Crippen LogP contribution in [0.1, 0.15) is 12.8 Å². The van der Waals surface area contributed by atoms with Crippen molar-refractivity contribution in [2.45, 2.75) is 17.1 Å². The zero-order chi connectivity index (χ0) is 19.6. The minimum absolute atomic E-state index is 0.160. The summed E-state index contributed by atoms with van der Waals surface area (Å²) in [5, 5.41) is 3.21. The van der Waals surface area contributed by atoms with E-state index in [4.69, 9.17) is 16.3 Å². The van der Waals surface area contributed by atoms with E-state index >= 15 is 0 Å². The molecule has 1 N–H and O–H groups in total. The summed E-state index contributed by atoms with van der Waals surface area (Å²) in [5.74, 6) is -0.118. The van der Waals surface area contributed by atoms with Gasteiger partial charge in [-0.1, -0.05) is 11.6 Å². The number of hydrogen-bond donors (Lipinski definition) is 1. The summed E-state index contributed by atoms with van der Waals surface area (Å²) in [6, 6.07) is 8.26. The van der Waals surface area contributed by atoms with E-state index in [0.29, 0.717) is 35.8 Å². The number of thiophene rings is 1. The lowest BCUT2D eigenvalue weighted by Gasteiger charge is -2.30. The van der Waals surface area contributed by atoms with Crippen LogP contribution in [-0.4, -0.2) is 38.8 Å². The van der Waals surface area contributed by atoms with Gasteiger partial charge in [-0.15, -0.1) is 11.3 Å². The minimum Gasteiger partial charge on any atom is -0.495 e. The maximum atomic E-state index is 12.8. The first-order valence-electron chi connectivity index (χ1n) is 8.21. The van der Waals surface area contributed by atoms with E-state index in [2.05, 4.69) is 21.2 Å². The van der Waals surface area contributed by atoms with Gasteiger partial charge in [-0.3, -0.25) is 4.79 Å². The number of carbonyl (C=O) groups is 1. The SMILES string of the molecule is COc1ccc(NC(=O)[C@@H]2CCCN(S(=O)(=O)c3ccc(Br)s3)C2)cc1Cl. The predicted molar refractivity (Wildman–Crippen MR) is 110 cm³/mol. The van der Waals surface area contributed by atoms with Crippen LogP contribution in [0.4, 0.5) is 5.69 Å². The van der Waals surface area contributed by atoms with Crippen molar-refractivity contribution in [1.82, 2.24) is 4.31 Å². The Labute approximate surface area is 175 Å². The van der Waals surface area contributed by atoms with Crippen LogP contribution < -0.4 is 10.1 Å². The van der Waals surface area contributed by atoms with E-state index in [1.54, 1.807) is 30.3 Å². The number of carbonyl (C=O) groups excluding carboxylic acids is 1. The topological polar surface area (TPSA) is 75.7 Å². The Morgan fingerprint density at radius 2 is 2.15 bits per heavy atom. The number of methoxy groups -OCH3 is 1. The summed E-state index contributed by atoms with van der Waals surface area (Å²) in [6.45, 7) is 0.573. The molecule has 1 aliphatic heterocycles. The summed E-state index contributed by atoms with van der Waals surface area (Å²) in [4.78, 5) is 12.6. The van der Waals surface area contributed by atoms with E-state index in [0.717, 1.165) is 3.79 Å². The fourth-order valence-corrected chi connectivity index (χ4v) is 6.87. The monoisotopic (exact) mass is 492 g/mol. The number of halogens is 2. The van der Waals surface area contributed by atoms with Gasteiger partial charge in [-0.05, 0) is 59.1 Å². The molecule has 0 unspecified atom stereocenters. The Bertz CT molecular complexity index is 948. The highest BCUT2D eigenvalue weighted by Crippen LogP contribution is 2.32. The second-order valence-corrected chi connectivity index (χ2v) is 11.1. The highest BCUT2D eigenvalue weighted by molar-refractivity contribution is 9.11. The fourth-order valence-electron chi connectivity index (χ4n) is 2.93. The van der Waals surface area contributed by atoms with Crippen molar-refractivity contribution >= 4 is 60.5 Å². The Balaban J connectivity index is 1.70. The van der Waals surface area contributed by atoms with E-state index in [1.807, 2.05) is 0 Å². The molecular formula is C17H18BrClN2O4S2. The lowest BCUT2D eigenvalue weighted by atomic mass is 9.98. The number of ether oxygens (including phenoxy) is 1. The Morgan fingerprint density at radius 3 is 2.78 bits per heavy atom. The van der Waals surface area contributed by atoms with Gasteiger partial charge in [0.2, 0.25) is 5.91 Å². The second kappa shape index (κ2) is 8.48. The molecule has 3 rings (SSSR count). The molecule has 1 saturated heterocycles. The number of anilines is 1. The van der Waals surface area contributed by atoms with E-state index in [9.17, 15) is 13.2 Å². The molecule has 1 aromatic heterocycles. The molecule has 0 aliphatic carbocycles. The first-order chi connectivity index (χ1) is 12.8. The van der Waals surface area contributed by atoms with E-state index in [1.165, 1.54) is 22.8 Å². The number of piperidine rings is 1. The number of nitrogens with one attached hydrogen (secondary N) is 1. The fraction of sp³-hybridized carbons (Fsp3) is 0.353. The number of rotatable bonds is 5. The summed E-state index contributed by atoms with van der Waals surface area (Å²) in [7, 11) is -2.08. The van der Waals surface area contributed by atoms with Crippen LogP contribution in [0.3, 0.4) is 0 Å². The molecule has 6 nitrogen and oxygen atoms in total. The third-order valence-corrected chi connectivity index (χ3v) is 8.57. The molecule has 1 atom stereocenters. The third-order valence-electron chi connectivity index (χ3n) is 4.32. The molecule has 10 heteroatoms. The molecule has 27 heavy (non-hydrogen) atoms. The van der Waals surface area contributed by atoms with E-state index < -0.39 is 15.9 Å². The van der Waals surface area contributed by atoms with Crippen LogP contribution in [-0.2, 0) is 14.8 Å². The number of benzene rings is 1. The maximum Gasteiger partial charge on any atom is 0.252 e. The van der Waals surface area contributed by atoms with Gasteiger partial charge in [0, 0.05) is 18.8 Å².